The van der Waals surface area contributed by atoms with Crippen molar-refractivity contribution in [3.05, 3.63) is 35.9 Å². The molecule has 1 aliphatic carbocycles. The highest BCUT2D eigenvalue weighted by Crippen LogP contribution is 2.47. The molecule has 2 aliphatic rings. The standard InChI is InChI=1S/C20H30N4O/c1-3-19(25)24-11-10-17(14-24)23-20(21-4-2)22-13-16-12-18(16)15-8-6-5-7-9-15/h5-9,16-18H,3-4,10-14H2,1-2H3,(H2,21,22,23). The van der Waals surface area contributed by atoms with Gasteiger partial charge in [0.1, 0.15) is 0 Å². The predicted octanol–water partition coefficient (Wildman–Crippen LogP) is 2.36. The molecule has 5 heteroatoms. The third-order valence-corrected chi connectivity index (χ3v) is 5.16. The zero-order valence-corrected chi connectivity index (χ0v) is 15.4. The molecule has 1 aromatic carbocycles. The van der Waals surface area contributed by atoms with Gasteiger partial charge in [-0.15, -0.1) is 0 Å². The van der Waals surface area contributed by atoms with Crippen molar-refractivity contribution in [3.63, 3.8) is 0 Å². The molecule has 1 saturated carbocycles. The molecule has 0 radical (unpaired) electrons. The molecule has 0 bridgehead atoms. The molecule has 1 aromatic rings. The molecule has 2 N–H and O–H groups in total. The van der Waals surface area contributed by atoms with Gasteiger partial charge in [0.15, 0.2) is 5.96 Å². The van der Waals surface area contributed by atoms with Gasteiger partial charge in [-0.2, -0.15) is 0 Å². The van der Waals surface area contributed by atoms with Crippen LogP contribution in [0.4, 0.5) is 0 Å². The lowest BCUT2D eigenvalue weighted by molar-refractivity contribution is -0.129. The van der Waals surface area contributed by atoms with E-state index in [-0.39, 0.29) is 5.91 Å². The Bertz CT molecular complexity index is 601. The summed E-state index contributed by atoms with van der Waals surface area (Å²) in [5.41, 5.74) is 1.44. The van der Waals surface area contributed by atoms with E-state index in [0.29, 0.717) is 24.3 Å². The summed E-state index contributed by atoms with van der Waals surface area (Å²) in [7, 11) is 0. The first-order valence-electron chi connectivity index (χ1n) is 9.58. The molecule has 1 amide bonds. The first kappa shape index (κ1) is 17.8. The average molecular weight is 342 g/mol. The minimum Gasteiger partial charge on any atom is -0.357 e. The van der Waals surface area contributed by atoms with Crippen LogP contribution in [0.15, 0.2) is 35.3 Å². The summed E-state index contributed by atoms with van der Waals surface area (Å²) < 4.78 is 0. The number of benzene rings is 1. The van der Waals surface area contributed by atoms with Crippen LogP contribution in [-0.2, 0) is 4.79 Å². The summed E-state index contributed by atoms with van der Waals surface area (Å²) in [6.07, 6.45) is 2.81. The molecule has 5 nitrogen and oxygen atoms in total. The van der Waals surface area contributed by atoms with Gasteiger partial charge in [-0.3, -0.25) is 9.79 Å². The van der Waals surface area contributed by atoms with E-state index >= 15 is 0 Å². The van der Waals surface area contributed by atoms with Crippen LogP contribution in [0.2, 0.25) is 0 Å². The minimum absolute atomic E-state index is 0.245. The highest BCUT2D eigenvalue weighted by molar-refractivity contribution is 5.80. The molecule has 0 spiro atoms. The fraction of sp³-hybridized carbons (Fsp3) is 0.600. The summed E-state index contributed by atoms with van der Waals surface area (Å²) in [5, 5.41) is 6.85. The van der Waals surface area contributed by atoms with Gasteiger partial charge in [0.25, 0.3) is 0 Å². The topological polar surface area (TPSA) is 56.7 Å². The van der Waals surface area contributed by atoms with Crippen molar-refractivity contribution in [2.24, 2.45) is 10.9 Å². The fourth-order valence-corrected chi connectivity index (χ4v) is 3.61. The van der Waals surface area contributed by atoms with Crippen molar-refractivity contribution in [3.8, 4) is 0 Å². The Kier molecular flexibility index (Phi) is 5.95. The number of hydrogen-bond acceptors (Lipinski definition) is 2. The zero-order valence-electron chi connectivity index (χ0n) is 15.4. The number of rotatable bonds is 6. The number of guanidine groups is 1. The maximum absolute atomic E-state index is 11.8. The van der Waals surface area contributed by atoms with Crippen LogP contribution in [0, 0.1) is 5.92 Å². The molecule has 2 fully saturated rings. The normalized spacial score (nSPS) is 25.8. The molecule has 25 heavy (non-hydrogen) atoms. The monoisotopic (exact) mass is 342 g/mol. The Morgan fingerprint density at radius 3 is 2.80 bits per heavy atom. The molecular weight excluding hydrogens is 312 g/mol. The van der Waals surface area contributed by atoms with E-state index in [1.165, 1.54) is 12.0 Å². The lowest BCUT2D eigenvalue weighted by atomic mass is 10.1. The van der Waals surface area contributed by atoms with E-state index in [9.17, 15) is 4.79 Å². The van der Waals surface area contributed by atoms with Crippen LogP contribution in [0.5, 0.6) is 0 Å². The second-order valence-electron chi connectivity index (χ2n) is 7.06. The summed E-state index contributed by atoms with van der Waals surface area (Å²) in [6.45, 7) is 7.35. The van der Waals surface area contributed by atoms with Crippen molar-refractivity contribution in [2.45, 2.75) is 45.1 Å². The van der Waals surface area contributed by atoms with Crippen molar-refractivity contribution in [1.29, 1.82) is 0 Å². The molecule has 136 valence electrons. The number of aliphatic imine (C=N–C) groups is 1. The predicted molar refractivity (Wildman–Crippen MR) is 102 cm³/mol. The van der Waals surface area contributed by atoms with Crippen LogP contribution >= 0.6 is 0 Å². The molecule has 3 unspecified atom stereocenters. The Hall–Kier alpha value is -2.04. The first-order chi connectivity index (χ1) is 12.2. The van der Waals surface area contributed by atoms with Crippen molar-refractivity contribution in [1.82, 2.24) is 15.5 Å². The van der Waals surface area contributed by atoms with Crippen LogP contribution in [-0.4, -0.2) is 49.0 Å². The summed E-state index contributed by atoms with van der Waals surface area (Å²) in [4.78, 5) is 18.6. The number of hydrogen-bond donors (Lipinski definition) is 2. The number of carbonyl (C=O) groups excluding carboxylic acids is 1. The van der Waals surface area contributed by atoms with E-state index in [4.69, 9.17) is 4.99 Å². The second-order valence-corrected chi connectivity index (χ2v) is 7.06. The number of carbonyl (C=O) groups is 1. The lowest BCUT2D eigenvalue weighted by Crippen LogP contribution is -2.45. The SMILES string of the molecule is CCNC(=NCC1CC1c1ccccc1)NC1CCN(C(=O)CC)C1. The Labute approximate surface area is 150 Å². The smallest absolute Gasteiger partial charge is 0.222 e. The van der Waals surface area contributed by atoms with Gasteiger partial charge >= 0.3 is 0 Å². The number of nitrogens with one attached hydrogen (secondary N) is 2. The summed E-state index contributed by atoms with van der Waals surface area (Å²) in [6, 6.07) is 11.0. The molecule has 3 rings (SSSR count). The van der Waals surface area contributed by atoms with Crippen molar-refractivity contribution in [2.75, 3.05) is 26.2 Å². The zero-order chi connectivity index (χ0) is 17.6. The first-order valence-corrected chi connectivity index (χ1v) is 9.58. The molecule has 3 atom stereocenters. The number of amides is 1. The molecule has 1 heterocycles. The van der Waals surface area contributed by atoms with Gasteiger partial charge in [0, 0.05) is 38.6 Å². The van der Waals surface area contributed by atoms with Gasteiger partial charge < -0.3 is 15.5 Å². The van der Waals surface area contributed by atoms with Crippen molar-refractivity contribution >= 4 is 11.9 Å². The fourth-order valence-electron chi connectivity index (χ4n) is 3.61. The largest absolute Gasteiger partial charge is 0.357 e. The van der Waals surface area contributed by atoms with Crippen LogP contribution in [0.1, 0.15) is 44.6 Å². The lowest BCUT2D eigenvalue weighted by Gasteiger charge is -2.18. The van der Waals surface area contributed by atoms with E-state index in [1.54, 1.807) is 0 Å². The quantitative estimate of drug-likeness (QED) is 0.616. The second kappa shape index (κ2) is 8.37. The molecule has 1 aliphatic heterocycles. The van der Waals surface area contributed by atoms with E-state index < -0.39 is 0 Å². The highest BCUT2D eigenvalue weighted by atomic mass is 16.2. The molecule has 1 saturated heterocycles. The third kappa shape index (κ3) is 4.74. The molecular formula is C20H30N4O. The molecule has 0 aromatic heterocycles. The minimum atomic E-state index is 0.245. The van der Waals surface area contributed by atoms with Gasteiger partial charge in [-0.1, -0.05) is 37.3 Å². The Morgan fingerprint density at radius 2 is 2.08 bits per heavy atom. The van der Waals surface area contributed by atoms with Gasteiger partial charge in [0.2, 0.25) is 5.91 Å². The highest BCUT2D eigenvalue weighted by Gasteiger charge is 2.37. The maximum atomic E-state index is 11.8. The number of nitrogens with zero attached hydrogens (tertiary/aromatic N) is 2. The van der Waals surface area contributed by atoms with Crippen molar-refractivity contribution < 1.29 is 4.79 Å². The van der Waals surface area contributed by atoms with E-state index in [0.717, 1.165) is 38.6 Å². The maximum Gasteiger partial charge on any atom is 0.222 e. The van der Waals surface area contributed by atoms with Crippen LogP contribution < -0.4 is 10.6 Å². The summed E-state index contributed by atoms with van der Waals surface area (Å²) >= 11 is 0. The van der Waals surface area contributed by atoms with E-state index in [1.807, 2.05) is 11.8 Å². The van der Waals surface area contributed by atoms with E-state index in [2.05, 4.69) is 47.9 Å². The van der Waals surface area contributed by atoms with Gasteiger partial charge in [-0.25, -0.2) is 0 Å². The summed E-state index contributed by atoms with van der Waals surface area (Å²) in [5.74, 6) is 2.45. The Balaban J connectivity index is 1.50. The van der Waals surface area contributed by atoms with Crippen LogP contribution in [0.25, 0.3) is 0 Å². The average Bonchev–Trinajstić information content (AvgIpc) is 3.28. The number of likely N-dealkylation sites (tertiary alicyclic amines) is 1. The third-order valence-electron chi connectivity index (χ3n) is 5.16. The van der Waals surface area contributed by atoms with Gasteiger partial charge in [-0.05, 0) is 37.2 Å². The Morgan fingerprint density at radius 1 is 1.28 bits per heavy atom. The van der Waals surface area contributed by atoms with Gasteiger partial charge in [0.05, 0.1) is 0 Å². The van der Waals surface area contributed by atoms with Crippen LogP contribution in [0.3, 0.4) is 0 Å².